The summed E-state index contributed by atoms with van der Waals surface area (Å²) in [5.74, 6) is 0.0411. The second kappa shape index (κ2) is 8.35. The van der Waals surface area contributed by atoms with Crippen molar-refractivity contribution < 1.29 is 4.79 Å². The van der Waals surface area contributed by atoms with E-state index in [1.165, 1.54) is 11.8 Å². The molecular weight excluding hydrogens is 358 g/mol. The highest BCUT2D eigenvalue weighted by molar-refractivity contribution is 8.00. The molecule has 0 bridgehead atoms. The number of aryl methyl sites for hydroxylation is 2. The van der Waals surface area contributed by atoms with Crippen molar-refractivity contribution in [3.05, 3.63) is 65.2 Å². The molecular formula is C20H23N5OS. The average Bonchev–Trinajstić information content (AvgIpc) is 3.11. The number of benzene rings is 2. The number of aromatic nitrogens is 4. The van der Waals surface area contributed by atoms with E-state index < -0.39 is 0 Å². The van der Waals surface area contributed by atoms with Gasteiger partial charge in [-0.25, -0.2) is 0 Å². The Morgan fingerprint density at radius 3 is 2.67 bits per heavy atom. The standard InChI is InChI=1S/C20H23N5OS/c1-14-10-11-15(2)18(12-14)25-20(21-22-23-25)27-16(3)19(26)24(4)13-17-8-6-5-7-9-17/h5-12,16H,13H2,1-4H3. The third-order valence-corrected chi connectivity index (χ3v) is 5.32. The van der Waals surface area contributed by atoms with Crippen LogP contribution in [0.2, 0.25) is 0 Å². The lowest BCUT2D eigenvalue weighted by Crippen LogP contribution is -2.33. The van der Waals surface area contributed by atoms with E-state index in [0.717, 1.165) is 22.4 Å². The fourth-order valence-electron chi connectivity index (χ4n) is 2.81. The Labute approximate surface area is 163 Å². The molecule has 0 saturated heterocycles. The first-order chi connectivity index (χ1) is 13.0. The van der Waals surface area contributed by atoms with Crippen LogP contribution in [0, 0.1) is 13.8 Å². The minimum absolute atomic E-state index is 0.0411. The molecule has 6 nitrogen and oxygen atoms in total. The van der Waals surface area contributed by atoms with E-state index in [1.54, 1.807) is 9.58 Å². The van der Waals surface area contributed by atoms with E-state index in [4.69, 9.17) is 0 Å². The van der Waals surface area contributed by atoms with Crippen molar-refractivity contribution in [2.75, 3.05) is 7.05 Å². The van der Waals surface area contributed by atoms with Crippen LogP contribution >= 0.6 is 11.8 Å². The first kappa shape index (κ1) is 19.1. The second-order valence-electron chi connectivity index (χ2n) is 6.60. The molecule has 0 saturated carbocycles. The maximum atomic E-state index is 12.8. The van der Waals surface area contributed by atoms with Gasteiger partial charge in [-0.2, -0.15) is 4.68 Å². The fraction of sp³-hybridized carbons (Fsp3) is 0.300. The monoisotopic (exact) mass is 381 g/mol. The normalized spacial score (nSPS) is 12.0. The van der Waals surface area contributed by atoms with Crippen LogP contribution in [-0.4, -0.2) is 43.3 Å². The zero-order valence-corrected chi connectivity index (χ0v) is 16.8. The summed E-state index contributed by atoms with van der Waals surface area (Å²) in [5.41, 5.74) is 4.24. The summed E-state index contributed by atoms with van der Waals surface area (Å²) in [5, 5.41) is 12.4. The molecule has 0 aliphatic rings. The lowest BCUT2D eigenvalue weighted by molar-refractivity contribution is -0.129. The third-order valence-electron chi connectivity index (χ3n) is 4.30. The Balaban J connectivity index is 1.73. The highest BCUT2D eigenvalue weighted by Crippen LogP contribution is 2.26. The van der Waals surface area contributed by atoms with Crippen molar-refractivity contribution in [3.63, 3.8) is 0 Å². The quantitative estimate of drug-likeness (QED) is 0.612. The summed E-state index contributed by atoms with van der Waals surface area (Å²) < 4.78 is 1.70. The first-order valence-electron chi connectivity index (χ1n) is 8.77. The first-order valence-corrected chi connectivity index (χ1v) is 9.65. The predicted octanol–water partition coefficient (Wildman–Crippen LogP) is 3.42. The minimum atomic E-state index is -0.298. The van der Waals surface area contributed by atoms with Crippen molar-refractivity contribution in [1.29, 1.82) is 0 Å². The van der Waals surface area contributed by atoms with Crippen LogP contribution in [0.3, 0.4) is 0 Å². The highest BCUT2D eigenvalue weighted by atomic mass is 32.2. The Hall–Kier alpha value is -2.67. The number of amides is 1. The lowest BCUT2D eigenvalue weighted by Gasteiger charge is -2.21. The van der Waals surface area contributed by atoms with E-state index in [9.17, 15) is 4.79 Å². The van der Waals surface area contributed by atoms with Crippen LogP contribution in [0.1, 0.15) is 23.6 Å². The van der Waals surface area contributed by atoms with Crippen molar-refractivity contribution in [2.24, 2.45) is 0 Å². The molecule has 3 rings (SSSR count). The van der Waals surface area contributed by atoms with E-state index in [0.29, 0.717) is 11.7 Å². The number of carbonyl (C=O) groups excluding carboxylic acids is 1. The van der Waals surface area contributed by atoms with Crippen molar-refractivity contribution >= 4 is 17.7 Å². The molecule has 0 fully saturated rings. The Kier molecular flexibility index (Phi) is 5.91. The molecule has 0 radical (unpaired) electrons. The van der Waals surface area contributed by atoms with Gasteiger partial charge in [-0.05, 0) is 54.0 Å². The fourth-order valence-corrected chi connectivity index (χ4v) is 3.72. The zero-order valence-electron chi connectivity index (χ0n) is 16.0. The molecule has 0 aliphatic carbocycles. The van der Waals surface area contributed by atoms with Gasteiger partial charge >= 0.3 is 0 Å². The Morgan fingerprint density at radius 2 is 1.93 bits per heavy atom. The summed E-state index contributed by atoms with van der Waals surface area (Å²) in [6, 6.07) is 16.1. The lowest BCUT2D eigenvalue weighted by atomic mass is 10.1. The second-order valence-corrected chi connectivity index (χ2v) is 7.91. The topological polar surface area (TPSA) is 63.9 Å². The van der Waals surface area contributed by atoms with Gasteiger partial charge in [-0.1, -0.05) is 54.2 Å². The van der Waals surface area contributed by atoms with E-state index >= 15 is 0 Å². The van der Waals surface area contributed by atoms with E-state index in [-0.39, 0.29) is 11.2 Å². The summed E-state index contributed by atoms with van der Waals surface area (Å²) in [6.45, 7) is 6.51. The average molecular weight is 382 g/mol. The molecule has 1 atom stereocenters. The van der Waals surface area contributed by atoms with Gasteiger partial charge in [0.15, 0.2) is 0 Å². The predicted molar refractivity (Wildman–Crippen MR) is 107 cm³/mol. The van der Waals surface area contributed by atoms with E-state index in [1.807, 2.05) is 70.3 Å². The maximum absolute atomic E-state index is 12.8. The number of hydrogen-bond donors (Lipinski definition) is 0. The molecule has 1 aromatic heterocycles. The molecule has 3 aromatic rings. The van der Waals surface area contributed by atoms with Crippen molar-refractivity contribution in [2.45, 2.75) is 37.7 Å². The van der Waals surface area contributed by atoms with Gasteiger partial charge in [0.1, 0.15) is 0 Å². The molecule has 1 unspecified atom stereocenters. The maximum Gasteiger partial charge on any atom is 0.235 e. The minimum Gasteiger partial charge on any atom is -0.340 e. The number of tetrazole rings is 1. The number of rotatable bonds is 6. The van der Waals surface area contributed by atoms with Gasteiger partial charge in [-0.15, -0.1) is 5.10 Å². The van der Waals surface area contributed by atoms with Crippen LogP contribution in [0.15, 0.2) is 53.7 Å². The van der Waals surface area contributed by atoms with Crippen LogP contribution in [-0.2, 0) is 11.3 Å². The number of carbonyl (C=O) groups is 1. The third kappa shape index (κ3) is 4.54. The molecule has 0 aliphatic heterocycles. The molecule has 27 heavy (non-hydrogen) atoms. The van der Waals surface area contributed by atoms with Gasteiger partial charge < -0.3 is 4.90 Å². The largest absolute Gasteiger partial charge is 0.340 e. The van der Waals surface area contributed by atoms with Crippen LogP contribution < -0.4 is 0 Å². The van der Waals surface area contributed by atoms with Crippen LogP contribution in [0.4, 0.5) is 0 Å². The summed E-state index contributed by atoms with van der Waals surface area (Å²) in [6.07, 6.45) is 0. The molecule has 0 N–H and O–H groups in total. The number of hydrogen-bond acceptors (Lipinski definition) is 5. The summed E-state index contributed by atoms with van der Waals surface area (Å²) >= 11 is 1.37. The van der Waals surface area contributed by atoms with Gasteiger partial charge in [-0.3, -0.25) is 4.79 Å². The summed E-state index contributed by atoms with van der Waals surface area (Å²) in [7, 11) is 1.82. The van der Waals surface area contributed by atoms with Gasteiger partial charge in [0.2, 0.25) is 11.1 Å². The van der Waals surface area contributed by atoms with Crippen LogP contribution in [0.25, 0.3) is 5.69 Å². The smallest absolute Gasteiger partial charge is 0.235 e. The molecule has 2 aromatic carbocycles. The highest BCUT2D eigenvalue weighted by Gasteiger charge is 2.22. The molecule has 1 heterocycles. The van der Waals surface area contributed by atoms with Gasteiger partial charge in [0, 0.05) is 13.6 Å². The number of thioether (sulfide) groups is 1. The van der Waals surface area contributed by atoms with Crippen molar-refractivity contribution in [3.8, 4) is 5.69 Å². The summed E-state index contributed by atoms with van der Waals surface area (Å²) in [4.78, 5) is 14.5. The molecule has 1 amide bonds. The molecule has 0 spiro atoms. The Morgan fingerprint density at radius 1 is 1.19 bits per heavy atom. The van der Waals surface area contributed by atoms with Gasteiger partial charge in [0.05, 0.1) is 10.9 Å². The Bertz CT molecular complexity index is 925. The number of nitrogens with zero attached hydrogens (tertiary/aromatic N) is 5. The van der Waals surface area contributed by atoms with E-state index in [2.05, 4.69) is 21.6 Å². The molecule has 7 heteroatoms. The van der Waals surface area contributed by atoms with Crippen molar-refractivity contribution in [1.82, 2.24) is 25.1 Å². The van der Waals surface area contributed by atoms with Crippen LogP contribution in [0.5, 0.6) is 0 Å². The van der Waals surface area contributed by atoms with Gasteiger partial charge in [0.25, 0.3) is 0 Å². The zero-order chi connectivity index (χ0) is 19.4. The SMILES string of the molecule is Cc1ccc(C)c(-n2nnnc2SC(C)C(=O)N(C)Cc2ccccc2)c1. The molecule has 140 valence electrons.